The third kappa shape index (κ3) is 2.86. The Labute approximate surface area is 121 Å². The molecule has 1 aliphatic rings. The van der Waals surface area contributed by atoms with Gasteiger partial charge in [-0.05, 0) is 23.6 Å². The number of nitrogens with one attached hydrogen (secondary N) is 1. The largest absolute Gasteiger partial charge is 0.365 e. The maximum atomic E-state index is 3.66. The van der Waals surface area contributed by atoms with Crippen LogP contribution in [-0.4, -0.2) is 12.6 Å². The minimum atomic E-state index is 0.561. The van der Waals surface area contributed by atoms with Gasteiger partial charge < -0.3 is 10.2 Å². The van der Waals surface area contributed by atoms with Crippen LogP contribution in [0.25, 0.3) is 0 Å². The van der Waals surface area contributed by atoms with Gasteiger partial charge in [-0.2, -0.15) is 0 Å². The zero-order valence-electron chi connectivity index (χ0n) is 12.0. The van der Waals surface area contributed by atoms with Gasteiger partial charge in [0.1, 0.15) is 0 Å². The Hall–Kier alpha value is -1.80. The highest BCUT2D eigenvalue weighted by Gasteiger charge is 2.20. The van der Waals surface area contributed by atoms with E-state index in [1.54, 1.807) is 0 Å². The molecule has 104 valence electrons. The first kappa shape index (κ1) is 13.2. The predicted octanol–water partition coefficient (Wildman–Crippen LogP) is 3.58. The van der Waals surface area contributed by atoms with E-state index in [9.17, 15) is 0 Å². The monoisotopic (exact) mass is 266 g/mol. The van der Waals surface area contributed by atoms with Crippen molar-refractivity contribution in [1.29, 1.82) is 0 Å². The Morgan fingerprint density at radius 1 is 1.05 bits per heavy atom. The molecule has 0 spiro atoms. The van der Waals surface area contributed by atoms with Gasteiger partial charge in [0.25, 0.3) is 0 Å². The summed E-state index contributed by atoms with van der Waals surface area (Å²) in [6.07, 6.45) is 1.17. The first-order valence-corrected chi connectivity index (χ1v) is 7.47. The van der Waals surface area contributed by atoms with Gasteiger partial charge in [-0.25, -0.2) is 0 Å². The Morgan fingerprint density at radius 3 is 2.60 bits per heavy atom. The van der Waals surface area contributed by atoms with E-state index >= 15 is 0 Å². The molecule has 0 saturated heterocycles. The predicted molar refractivity (Wildman–Crippen MR) is 84.9 cm³/mol. The second kappa shape index (κ2) is 6.10. The summed E-state index contributed by atoms with van der Waals surface area (Å²) in [7, 11) is 0. The van der Waals surface area contributed by atoms with Crippen LogP contribution in [0.2, 0.25) is 0 Å². The number of hydrogen-bond acceptors (Lipinski definition) is 2. The molecule has 2 aromatic rings. The lowest BCUT2D eigenvalue weighted by molar-refractivity contribution is 0.502. The summed E-state index contributed by atoms with van der Waals surface area (Å²) >= 11 is 0. The number of hydrogen-bond donors (Lipinski definition) is 1. The molecular weight excluding hydrogens is 244 g/mol. The smallest absolute Gasteiger partial charge is 0.0430 e. The average molecular weight is 266 g/mol. The molecule has 0 bridgehead atoms. The Bertz CT molecular complexity index is 550. The number of para-hydroxylation sites is 1. The summed E-state index contributed by atoms with van der Waals surface area (Å²) in [5, 5.41) is 3.66. The van der Waals surface area contributed by atoms with Crippen molar-refractivity contribution in [2.24, 2.45) is 0 Å². The van der Waals surface area contributed by atoms with Crippen molar-refractivity contribution < 1.29 is 0 Å². The topological polar surface area (TPSA) is 15.3 Å². The van der Waals surface area contributed by atoms with E-state index in [2.05, 4.69) is 71.7 Å². The van der Waals surface area contributed by atoms with E-state index in [1.807, 2.05) is 0 Å². The highest BCUT2D eigenvalue weighted by atomic mass is 15.2. The summed E-state index contributed by atoms with van der Waals surface area (Å²) in [4.78, 5) is 2.51. The molecule has 0 aromatic heterocycles. The lowest BCUT2D eigenvalue weighted by Crippen LogP contribution is -2.37. The fourth-order valence-corrected chi connectivity index (χ4v) is 2.88. The first-order valence-electron chi connectivity index (χ1n) is 7.47. The maximum Gasteiger partial charge on any atom is 0.0430 e. The van der Waals surface area contributed by atoms with Crippen molar-refractivity contribution in [3.8, 4) is 0 Å². The Balaban J connectivity index is 1.89. The van der Waals surface area contributed by atoms with E-state index < -0.39 is 0 Å². The normalized spacial score (nSPS) is 18.4. The lowest BCUT2D eigenvalue weighted by atomic mass is 10.1. The minimum absolute atomic E-state index is 0.561. The third-order valence-corrected chi connectivity index (χ3v) is 4.06. The summed E-state index contributed by atoms with van der Waals surface area (Å²) in [5.74, 6) is 0. The van der Waals surface area contributed by atoms with E-state index in [1.165, 1.54) is 23.2 Å². The van der Waals surface area contributed by atoms with Crippen LogP contribution in [0, 0.1) is 0 Å². The van der Waals surface area contributed by atoms with Gasteiger partial charge in [0.2, 0.25) is 0 Å². The van der Waals surface area contributed by atoms with Crippen LogP contribution >= 0.6 is 0 Å². The van der Waals surface area contributed by atoms with Crippen LogP contribution in [0.4, 0.5) is 5.69 Å². The molecular formula is C18H22N2. The van der Waals surface area contributed by atoms with Crippen molar-refractivity contribution in [3.05, 3.63) is 65.7 Å². The standard InChI is InChI=1S/C18H22N2/c1-2-17-14-20(13-15-8-4-3-5-9-15)18-11-7-6-10-16(18)12-19-17/h3-11,17,19H,2,12-14H2,1H3. The summed E-state index contributed by atoms with van der Waals surface area (Å²) < 4.78 is 0. The second-order valence-electron chi connectivity index (χ2n) is 5.48. The molecule has 2 heteroatoms. The van der Waals surface area contributed by atoms with Crippen LogP contribution in [0.15, 0.2) is 54.6 Å². The van der Waals surface area contributed by atoms with Gasteiger partial charge >= 0.3 is 0 Å². The highest BCUT2D eigenvalue weighted by Crippen LogP contribution is 2.25. The van der Waals surface area contributed by atoms with E-state index in [0.717, 1.165) is 19.6 Å². The number of rotatable bonds is 3. The molecule has 2 aromatic carbocycles. The zero-order chi connectivity index (χ0) is 13.8. The third-order valence-electron chi connectivity index (χ3n) is 4.06. The van der Waals surface area contributed by atoms with Gasteiger partial charge in [-0.3, -0.25) is 0 Å². The second-order valence-corrected chi connectivity index (χ2v) is 5.48. The summed E-state index contributed by atoms with van der Waals surface area (Å²) in [5.41, 5.74) is 4.15. The number of anilines is 1. The highest BCUT2D eigenvalue weighted by molar-refractivity contribution is 5.55. The van der Waals surface area contributed by atoms with Gasteiger partial charge in [0.15, 0.2) is 0 Å². The van der Waals surface area contributed by atoms with Crippen LogP contribution in [0.1, 0.15) is 24.5 Å². The summed E-state index contributed by atoms with van der Waals surface area (Å²) in [6.45, 7) is 5.28. The van der Waals surface area contributed by atoms with Crippen LogP contribution in [0.5, 0.6) is 0 Å². The molecule has 0 saturated carbocycles. The number of benzene rings is 2. The molecule has 0 radical (unpaired) electrons. The fraction of sp³-hybridized carbons (Fsp3) is 0.333. The van der Waals surface area contributed by atoms with E-state index in [4.69, 9.17) is 0 Å². The Kier molecular flexibility index (Phi) is 4.03. The molecule has 1 atom stereocenters. The molecule has 3 rings (SSSR count). The minimum Gasteiger partial charge on any atom is -0.365 e. The molecule has 1 heterocycles. The van der Waals surface area contributed by atoms with Gasteiger partial charge in [-0.1, -0.05) is 55.5 Å². The number of fused-ring (bicyclic) bond motifs is 1. The van der Waals surface area contributed by atoms with Gasteiger partial charge in [0.05, 0.1) is 0 Å². The molecule has 20 heavy (non-hydrogen) atoms. The molecule has 0 amide bonds. The van der Waals surface area contributed by atoms with Crippen LogP contribution < -0.4 is 10.2 Å². The Morgan fingerprint density at radius 2 is 1.80 bits per heavy atom. The SMILES string of the molecule is CCC1CN(Cc2ccccc2)c2ccccc2CN1. The maximum absolute atomic E-state index is 3.66. The average Bonchev–Trinajstić information content (AvgIpc) is 2.68. The number of nitrogens with zero attached hydrogens (tertiary/aromatic N) is 1. The molecule has 2 nitrogen and oxygen atoms in total. The zero-order valence-corrected chi connectivity index (χ0v) is 12.0. The molecule has 1 aliphatic heterocycles. The van der Waals surface area contributed by atoms with Crippen molar-refractivity contribution >= 4 is 5.69 Å². The molecule has 0 fully saturated rings. The van der Waals surface area contributed by atoms with Crippen molar-refractivity contribution in [2.75, 3.05) is 11.4 Å². The molecule has 1 N–H and O–H groups in total. The van der Waals surface area contributed by atoms with E-state index in [0.29, 0.717) is 6.04 Å². The fourth-order valence-electron chi connectivity index (χ4n) is 2.88. The summed E-state index contributed by atoms with van der Waals surface area (Å²) in [6, 6.07) is 20.1. The van der Waals surface area contributed by atoms with Crippen molar-refractivity contribution in [1.82, 2.24) is 5.32 Å². The quantitative estimate of drug-likeness (QED) is 0.913. The van der Waals surface area contributed by atoms with E-state index in [-0.39, 0.29) is 0 Å². The van der Waals surface area contributed by atoms with Crippen LogP contribution in [-0.2, 0) is 13.1 Å². The van der Waals surface area contributed by atoms with Crippen molar-refractivity contribution in [2.45, 2.75) is 32.5 Å². The molecule has 1 unspecified atom stereocenters. The van der Waals surface area contributed by atoms with Crippen molar-refractivity contribution in [3.63, 3.8) is 0 Å². The van der Waals surface area contributed by atoms with Gasteiger partial charge in [0, 0.05) is 31.4 Å². The molecule has 0 aliphatic carbocycles. The lowest BCUT2D eigenvalue weighted by Gasteiger charge is -2.27. The van der Waals surface area contributed by atoms with Crippen LogP contribution in [0.3, 0.4) is 0 Å². The van der Waals surface area contributed by atoms with Gasteiger partial charge in [-0.15, -0.1) is 0 Å². The first-order chi connectivity index (χ1) is 9.86.